The van der Waals surface area contributed by atoms with Crippen LogP contribution in [0.25, 0.3) is 0 Å². The van der Waals surface area contributed by atoms with Crippen LogP contribution in [0.2, 0.25) is 0 Å². The lowest BCUT2D eigenvalue weighted by atomic mass is 9.85. The molecule has 0 spiro atoms. The van der Waals surface area contributed by atoms with E-state index >= 15 is 0 Å². The number of carbonyl (C=O) groups excluding carboxylic acids is 2. The highest BCUT2D eigenvalue weighted by Crippen LogP contribution is 2.25. The normalized spacial score (nSPS) is 11.0. The Morgan fingerprint density at radius 1 is 0.920 bits per heavy atom. The van der Waals surface area contributed by atoms with E-state index in [4.69, 9.17) is 4.74 Å². The van der Waals surface area contributed by atoms with Gasteiger partial charge in [-0.25, -0.2) is 0 Å². The lowest BCUT2D eigenvalue weighted by molar-refractivity contribution is -0.120. The maximum absolute atomic E-state index is 12.6. The molecule has 0 aliphatic rings. The molecule has 0 radical (unpaired) electrons. The Hall–Kier alpha value is -2.62. The third-order valence-electron chi connectivity index (χ3n) is 4.45. The van der Waals surface area contributed by atoms with Gasteiger partial charge in [0, 0.05) is 24.4 Å². The highest BCUT2D eigenvalue weighted by atomic mass is 16.5. The van der Waals surface area contributed by atoms with Gasteiger partial charge in [0.25, 0.3) is 0 Å². The van der Waals surface area contributed by atoms with Crippen molar-refractivity contribution < 1.29 is 14.3 Å². The van der Waals surface area contributed by atoms with E-state index in [1.54, 1.807) is 24.3 Å². The summed E-state index contributed by atoms with van der Waals surface area (Å²) in [7, 11) is 0. The number of ether oxygens (including phenoxy) is 1. The molecule has 4 nitrogen and oxygen atoms in total. The van der Waals surface area contributed by atoms with Crippen molar-refractivity contribution in [2.24, 2.45) is 0 Å². The first-order valence-corrected chi connectivity index (χ1v) is 8.63. The fourth-order valence-corrected chi connectivity index (χ4v) is 2.84. The fraction of sp³-hybridized carbons (Fsp3) is 0.333. The average Bonchev–Trinajstić information content (AvgIpc) is 2.62. The van der Waals surface area contributed by atoms with Crippen LogP contribution in [-0.4, -0.2) is 17.2 Å². The molecule has 1 N–H and O–H groups in total. The van der Waals surface area contributed by atoms with Crippen LogP contribution in [0.3, 0.4) is 0 Å². The Morgan fingerprint density at radius 2 is 1.48 bits per heavy atom. The van der Waals surface area contributed by atoms with Crippen molar-refractivity contribution in [3.8, 4) is 11.5 Å². The Balaban J connectivity index is 2.07. The summed E-state index contributed by atoms with van der Waals surface area (Å²) in [4.78, 5) is 24.1. The van der Waals surface area contributed by atoms with Crippen molar-refractivity contribution in [3.63, 3.8) is 0 Å². The SMILES string of the molecule is CCC(CC)(CC(=O)c1ccc(Oc2ccccc2)cc1)NC(C)=O. The van der Waals surface area contributed by atoms with Crippen LogP contribution in [-0.2, 0) is 4.79 Å². The molecule has 0 bridgehead atoms. The van der Waals surface area contributed by atoms with Gasteiger partial charge in [-0.05, 0) is 49.2 Å². The minimum atomic E-state index is -0.484. The third kappa shape index (κ3) is 5.18. The van der Waals surface area contributed by atoms with Crippen LogP contribution in [0.15, 0.2) is 54.6 Å². The summed E-state index contributed by atoms with van der Waals surface area (Å²) in [6.07, 6.45) is 1.71. The van der Waals surface area contributed by atoms with Crippen LogP contribution in [0.5, 0.6) is 11.5 Å². The van der Waals surface area contributed by atoms with E-state index in [9.17, 15) is 9.59 Å². The lowest BCUT2D eigenvalue weighted by Gasteiger charge is -2.32. The molecule has 2 aromatic carbocycles. The summed E-state index contributed by atoms with van der Waals surface area (Å²) < 4.78 is 5.74. The molecule has 0 saturated carbocycles. The number of ketones is 1. The Kier molecular flexibility index (Phi) is 6.34. The van der Waals surface area contributed by atoms with E-state index in [-0.39, 0.29) is 11.7 Å². The van der Waals surface area contributed by atoms with Gasteiger partial charge in [-0.2, -0.15) is 0 Å². The summed E-state index contributed by atoms with van der Waals surface area (Å²) in [6.45, 7) is 5.47. The Bertz CT molecular complexity index is 704. The molecular formula is C21H25NO3. The largest absolute Gasteiger partial charge is 0.457 e. The van der Waals surface area contributed by atoms with Gasteiger partial charge in [0.2, 0.25) is 5.91 Å². The smallest absolute Gasteiger partial charge is 0.217 e. The van der Waals surface area contributed by atoms with E-state index in [2.05, 4.69) is 5.32 Å². The maximum Gasteiger partial charge on any atom is 0.217 e. The second-order valence-electron chi connectivity index (χ2n) is 6.21. The number of hydrogen-bond donors (Lipinski definition) is 1. The molecule has 4 heteroatoms. The quantitative estimate of drug-likeness (QED) is 0.706. The predicted octanol–water partition coefficient (Wildman–Crippen LogP) is 4.75. The number of para-hydroxylation sites is 1. The number of rotatable bonds is 8. The van der Waals surface area contributed by atoms with Gasteiger partial charge in [0.05, 0.1) is 0 Å². The number of hydrogen-bond acceptors (Lipinski definition) is 3. The van der Waals surface area contributed by atoms with Gasteiger partial charge < -0.3 is 10.1 Å². The predicted molar refractivity (Wildman–Crippen MR) is 99.0 cm³/mol. The van der Waals surface area contributed by atoms with Gasteiger partial charge in [0.1, 0.15) is 11.5 Å². The summed E-state index contributed by atoms with van der Waals surface area (Å²) in [6, 6.07) is 16.6. The molecular weight excluding hydrogens is 314 g/mol. The van der Waals surface area contributed by atoms with Crippen LogP contribution in [0, 0.1) is 0 Å². The molecule has 0 saturated heterocycles. The molecule has 2 aromatic rings. The third-order valence-corrected chi connectivity index (χ3v) is 4.45. The van der Waals surface area contributed by atoms with Gasteiger partial charge in [-0.3, -0.25) is 9.59 Å². The standard InChI is InChI=1S/C21H25NO3/c1-4-21(5-2,22-16(3)23)15-20(24)17-11-13-19(14-12-17)25-18-9-7-6-8-10-18/h6-14H,4-5,15H2,1-3H3,(H,22,23). The number of benzene rings is 2. The van der Waals surface area contributed by atoms with Crippen molar-refractivity contribution in [1.82, 2.24) is 5.32 Å². The second-order valence-corrected chi connectivity index (χ2v) is 6.21. The first-order valence-electron chi connectivity index (χ1n) is 8.63. The van der Waals surface area contributed by atoms with Gasteiger partial charge in [0.15, 0.2) is 5.78 Å². The lowest BCUT2D eigenvalue weighted by Crippen LogP contribution is -2.48. The zero-order valence-electron chi connectivity index (χ0n) is 15.0. The molecule has 0 aliphatic heterocycles. The van der Waals surface area contributed by atoms with Crippen molar-refractivity contribution in [1.29, 1.82) is 0 Å². The summed E-state index contributed by atoms with van der Waals surface area (Å²) in [5.74, 6) is 1.34. The minimum absolute atomic E-state index is 0.0173. The first-order chi connectivity index (χ1) is 12.0. The number of Topliss-reactive ketones (excluding diaryl/α,β-unsaturated/α-hetero) is 1. The monoisotopic (exact) mass is 339 g/mol. The van der Waals surface area contributed by atoms with Crippen LogP contribution >= 0.6 is 0 Å². The van der Waals surface area contributed by atoms with E-state index in [0.29, 0.717) is 30.6 Å². The molecule has 25 heavy (non-hydrogen) atoms. The average molecular weight is 339 g/mol. The molecule has 0 aromatic heterocycles. The van der Waals surface area contributed by atoms with Crippen LogP contribution < -0.4 is 10.1 Å². The molecule has 0 aliphatic carbocycles. The fourth-order valence-electron chi connectivity index (χ4n) is 2.84. The Labute approximate surface area is 149 Å². The Morgan fingerprint density at radius 3 is 2.00 bits per heavy atom. The van der Waals surface area contributed by atoms with Crippen molar-refractivity contribution >= 4 is 11.7 Å². The molecule has 0 atom stereocenters. The van der Waals surface area contributed by atoms with Gasteiger partial charge in [-0.15, -0.1) is 0 Å². The number of nitrogens with one attached hydrogen (secondary N) is 1. The zero-order valence-corrected chi connectivity index (χ0v) is 15.0. The molecule has 0 fully saturated rings. The van der Waals surface area contributed by atoms with Crippen molar-refractivity contribution in [2.45, 2.75) is 45.6 Å². The second kappa shape index (κ2) is 8.47. The molecule has 1 amide bonds. The maximum atomic E-state index is 12.6. The molecule has 132 valence electrons. The van der Waals surface area contributed by atoms with Gasteiger partial charge >= 0.3 is 0 Å². The van der Waals surface area contributed by atoms with Crippen molar-refractivity contribution in [2.75, 3.05) is 0 Å². The summed E-state index contributed by atoms with van der Waals surface area (Å²) >= 11 is 0. The number of carbonyl (C=O) groups is 2. The van der Waals surface area contributed by atoms with E-state index in [1.807, 2.05) is 44.2 Å². The van der Waals surface area contributed by atoms with Crippen LogP contribution in [0.1, 0.15) is 50.4 Å². The molecule has 0 unspecified atom stereocenters. The van der Waals surface area contributed by atoms with E-state index in [0.717, 1.165) is 5.75 Å². The van der Waals surface area contributed by atoms with E-state index < -0.39 is 5.54 Å². The topological polar surface area (TPSA) is 55.4 Å². The highest BCUT2D eigenvalue weighted by molar-refractivity contribution is 5.97. The van der Waals surface area contributed by atoms with Crippen LogP contribution in [0.4, 0.5) is 0 Å². The van der Waals surface area contributed by atoms with E-state index in [1.165, 1.54) is 6.92 Å². The molecule has 0 heterocycles. The number of amides is 1. The minimum Gasteiger partial charge on any atom is -0.457 e. The first kappa shape index (κ1) is 18.7. The van der Waals surface area contributed by atoms with Gasteiger partial charge in [-0.1, -0.05) is 32.0 Å². The summed E-state index contributed by atoms with van der Waals surface area (Å²) in [5, 5.41) is 2.95. The summed E-state index contributed by atoms with van der Waals surface area (Å²) in [5.41, 5.74) is 0.138. The zero-order chi connectivity index (χ0) is 18.3. The highest BCUT2D eigenvalue weighted by Gasteiger charge is 2.30. The molecule has 2 rings (SSSR count). The van der Waals surface area contributed by atoms with Crippen molar-refractivity contribution in [3.05, 3.63) is 60.2 Å².